The minimum atomic E-state index is -4.87. The van der Waals surface area contributed by atoms with Crippen molar-refractivity contribution in [1.29, 1.82) is 0 Å². The monoisotopic (exact) mass is 457 g/mol. The van der Waals surface area contributed by atoms with E-state index in [0.29, 0.717) is 5.69 Å². The van der Waals surface area contributed by atoms with Crippen molar-refractivity contribution in [3.63, 3.8) is 0 Å². The average Bonchev–Trinajstić information content (AvgIpc) is 3.21. The molecule has 2 saturated carbocycles. The highest BCUT2D eigenvalue weighted by molar-refractivity contribution is 7.92. The molecule has 4 rings (SSSR count). The first kappa shape index (κ1) is 21.8. The molecule has 168 valence electrons. The van der Waals surface area contributed by atoms with Crippen molar-refractivity contribution >= 4 is 15.7 Å². The second-order valence-electron chi connectivity index (χ2n) is 7.98. The predicted molar refractivity (Wildman–Crippen MR) is 105 cm³/mol. The summed E-state index contributed by atoms with van der Waals surface area (Å²) in [7, 11) is -2.99. The number of sulfone groups is 1. The number of benzene rings is 1. The number of hydrogen-bond donors (Lipinski definition) is 2. The Bertz CT molecular complexity index is 1070. The maximum absolute atomic E-state index is 13.8. The third-order valence-electron chi connectivity index (χ3n) is 5.87. The van der Waals surface area contributed by atoms with Crippen molar-refractivity contribution < 1.29 is 31.1 Å². The summed E-state index contributed by atoms with van der Waals surface area (Å²) in [5.41, 5.74) is -0.724. The third kappa shape index (κ3) is 4.33. The van der Waals surface area contributed by atoms with Gasteiger partial charge in [0.15, 0.2) is 9.84 Å². The first-order valence-corrected chi connectivity index (χ1v) is 11.4. The molecule has 0 radical (unpaired) electrons. The van der Waals surface area contributed by atoms with Gasteiger partial charge in [-0.3, -0.25) is 9.89 Å². The minimum Gasteiger partial charge on any atom is -0.381 e. The van der Waals surface area contributed by atoms with E-state index in [0.717, 1.165) is 25.0 Å². The van der Waals surface area contributed by atoms with Gasteiger partial charge in [0.1, 0.15) is 0 Å². The van der Waals surface area contributed by atoms with Crippen LogP contribution in [0.4, 0.5) is 13.2 Å². The lowest BCUT2D eigenvalue weighted by Crippen LogP contribution is -2.36. The molecule has 2 aliphatic carbocycles. The van der Waals surface area contributed by atoms with Crippen LogP contribution in [0.25, 0.3) is 11.3 Å². The number of alkyl halides is 3. The molecule has 0 spiro atoms. The number of carbonyl (C=O) groups excluding carboxylic acids is 1. The smallest absolute Gasteiger partial charge is 0.381 e. The number of aromatic nitrogens is 2. The molecule has 2 aliphatic rings. The summed E-state index contributed by atoms with van der Waals surface area (Å²) in [4.78, 5) is 11.7. The Morgan fingerprint density at radius 2 is 1.97 bits per heavy atom. The summed E-state index contributed by atoms with van der Waals surface area (Å²) in [5, 5.41) is 7.97. The van der Waals surface area contributed by atoms with Crippen LogP contribution in [0.3, 0.4) is 0 Å². The van der Waals surface area contributed by atoms with Crippen LogP contribution in [-0.4, -0.2) is 49.0 Å². The molecule has 2 N–H and O–H groups in total. The molecular formula is C20H22F3N3O4S. The van der Waals surface area contributed by atoms with Crippen LogP contribution >= 0.6 is 0 Å². The van der Waals surface area contributed by atoms with Gasteiger partial charge in [-0.25, -0.2) is 8.42 Å². The molecule has 0 aliphatic heterocycles. The number of H-pyrrole nitrogens is 1. The number of amides is 1. The molecule has 2 aromatic rings. The normalized spacial score (nSPS) is 24.3. The van der Waals surface area contributed by atoms with Crippen molar-refractivity contribution in [2.45, 2.75) is 54.2 Å². The lowest BCUT2D eigenvalue weighted by atomic mass is 10.1. The van der Waals surface area contributed by atoms with E-state index in [1.54, 1.807) is 0 Å². The van der Waals surface area contributed by atoms with Crippen LogP contribution in [0.1, 0.15) is 31.2 Å². The molecule has 0 saturated heterocycles. The Hall–Kier alpha value is -2.40. The van der Waals surface area contributed by atoms with Crippen molar-refractivity contribution in [2.24, 2.45) is 5.92 Å². The molecule has 0 unspecified atom stereocenters. The number of nitrogens with zero attached hydrogens (tertiary/aromatic N) is 1. The maximum atomic E-state index is 13.8. The van der Waals surface area contributed by atoms with Gasteiger partial charge in [-0.15, -0.1) is 0 Å². The summed E-state index contributed by atoms with van der Waals surface area (Å²) < 4.78 is 73.2. The molecule has 31 heavy (non-hydrogen) atoms. The number of aromatic amines is 1. The standard InChI is InChI=1S/C20H22F3N3O4S/c1-30-17-10-13(9-14(17)19(27)25-12-3-4-12)31(28,29)18-5-2-11(16-6-7-24-26-16)8-15(18)20(21,22)23/h2,5-8,12-14,17H,3-4,9-10H2,1H3,(H,24,26)(H,25,27)/t13-,14-,17-/m1/s1. The van der Waals surface area contributed by atoms with E-state index < -0.39 is 43.7 Å². The second kappa shape index (κ2) is 7.94. The molecule has 3 atom stereocenters. The second-order valence-corrected chi connectivity index (χ2v) is 10.2. The number of rotatable bonds is 6. The van der Waals surface area contributed by atoms with Gasteiger partial charge < -0.3 is 10.1 Å². The highest BCUT2D eigenvalue weighted by atomic mass is 32.2. The molecule has 7 nitrogen and oxygen atoms in total. The molecule has 0 bridgehead atoms. The number of nitrogens with one attached hydrogen (secondary N) is 2. The summed E-state index contributed by atoms with van der Waals surface area (Å²) in [6.07, 6.45) is -2.54. The van der Waals surface area contributed by atoms with E-state index in [-0.39, 0.29) is 30.4 Å². The Balaban J connectivity index is 1.67. The summed E-state index contributed by atoms with van der Waals surface area (Å²) in [6.45, 7) is 0. The Morgan fingerprint density at radius 3 is 2.55 bits per heavy atom. The van der Waals surface area contributed by atoms with Crippen LogP contribution < -0.4 is 5.32 Å². The zero-order valence-electron chi connectivity index (χ0n) is 16.6. The molecule has 2 fully saturated rings. The van der Waals surface area contributed by atoms with Gasteiger partial charge in [-0.2, -0.15) is 18.3 Å². The zero-order valence-corrected chi connectivity index (χ0v) is 17.5. The van der Waals surface area contributed by atoms with Gasteiger partial charge in [-0.05, 0) is 43.9 Å². The number of methoxy groups -OCH3 is 1. The Morgan fingerprint density at radius 1 is 1.23 bits per heavy atom. The van der Waals surface area contributed by atoms with Crippen LogP contribution in [0.15, 0.2) is 35.4 Å². The summed E-state index contributed by atoms with van der Waals surface area (Å²) in [6, 6.07) is 4.68. The summed E-state index contributed by atoms with van der Waals surface area (Å²) in [5.74, 6) is -1.03. The lowest BCUT2D eigenvalue weighted by Gasteiger charge is -2.18. The van der Waals surface area contributed by atoms with E-state index >= 15 is 0 Å². The highest BCUT2D eigenvalue weighted by Crippen LogP contribution is 2.42. The number of halogens is 3. The summed E-state index contributed by atoms with van der Waals surface area (Å²) >= 11 is 0. The Kier molecular flexibility index (Phi) is 5.59. The minimum absolute atomic E-state index is 0.0405. The highest BCUT2D eigenvalue weighted by Gasteiger charge is 2.48. The van der Waals surface area contributed by atoms with E-state index in [4.69, 9.17) is 4.74 Å². The van der Waals surface area contributed by atoms with Crippen LogP contribution in [-0.2, 0) is 25.5 Å². The van der Waals surface area contributed by atoms with E-state index in [9.17, 15) is 26.4 Å². The molecule has 1 aromatic heterocycles. The SMILES string of the molecule is CO[C@@H]1C[C@H](S(=O)(=O)c2ccc(-c3ccn[nH]3)cc2C(F)(F)F)C[C@H]1C(=O)NC1CC1. The van der Waals surface area contributed by atoms with E-state index in [2.05, 4.69) is 15.5 Å². The number of hydrogen-bond acceptors (Lipinski definition) is 5. The number of ether oxygens (including phenoxy) is 1. The fourth-order valence-corrected chi connectivity index (χ4v) is 6.05. The molecular weight excluding hydrogens is 435 g/mol. The van der Waals surface area contributed by atoms with Crippen molar-refractivity contribution in [3.8, 4) is 11.3 Å². The van der Waals surface area contributed by atoms with Gasteiger partial charge >= 0.3 is 6.18 Å². The van der Waals surface area contributed by atoms with Crippen molar-refractivity contribution in [3.05, 3.63) is 36.0 Å². The quantitative estimate of drug-likeness (QED) is 0.695. The molecule has 1 amide bonds. The average molecular weight is 457 g/mol. The first-order valence-electron chi connectivity index (χ1n) is 9.89. The predicted octanol–water partition coefficient (Wildman–Crippen LogP) is 2.94. The lowest BCUT2D eigenvalue weighted by molar-refractivity contribution is -0.139. The molecule has 1 heterocycles. The van der Waals surface area contributed by atoms with Crippen molar-refractivity contribution in [1.82, 2.24) is 15.5 Å². The maximum Gasteiger partial charge on any atom is 0.417 e. The Labute approximate surface area is 177 Å². The van der Waals surface area contributed by atoms with Crippen molar-refractivity contribution in [2.75, 3.05) is 7.11 Å². The molecule has 1 aromatic carbocycles. The van der Waals surface area contributed by atoms with E-state index in [1.807, 2.05) is 0 Å². The largest absolute Gasteiger partial charge is 0.417 e. The van der Waals surface area contributed by atoms with Gasteiger partial charge in [0.2, 0.25) is 5.91 Å². The van der Waals surface area contributed by atoms with E-state index in [1.165, 1.54) is 25.4 Å². The number of carbonyl (C=O) groups is 1. The topological polar surface area (TPSA) is 101 Å². The molecule has 11 heteroatoms. The van der Waals surface area contributed by atoms with Gasteiger partial charge in [0.25, 0.3) is 0 Å². The van der Waals surface area contributed by atoms with Crippen LogP contribution in [0, 0.1) is 5.92 Å². The third-order valence-corrected chi connectivity index (χ3v) is 8.10. The van der Waals surface area contributed by atoms with Gasteiger partial charge in [-0.1, -0.05) is 6.07 Å². The van der Waals surface area contributed by atoms with Crippen LogP contribution in [0.2, 0.25) is 0 Å². The first-order chi connectivity index (χ1) is 14.6. The van der Waals surface area contributed by atoms with Gasteiger partial charge in [0, 0.05) is 24.9 Å². The van der Waals surface area contributed by atoms with Crippen LogP contribution in [0.5, 0.6) is 0 Å². The zero-order chi connectivity index (χ0) is 22.4. The fraction of sp³-hybridized carbons (Fsp3) is 0.500. The fourth-order valence-electron chi connectivity index (χ4n) is 4.04. The van der Waals surface area contributed by atoms with Gasteiger partial charge in [0.05, 0.1) is 33.4 Å².